The number of allylic oxidation sites excluding steroid dienone is 1. The maximum absolute atomic E-state index is 12.5. The van der Waals surface area contributed by atoms with Crippen LogP contribution in [0.3, 0.4) is 0 Å². The molecular formula is C17H26O5. The molecule has 124 valence electrons. The molecule has 0 aromatic carbocycles. The van der Waals surface area contributed by atoms with Crippen LogP contribution in [0.1, 0.15) is 46.5 Å². The Morgan fingerprint density at radius 2 is 2.23 bits per heavy atom. The molecule has 1 saturated heterocycles. The minimum Gasteiger partial charge on any atom is -0.463 e. The molecule has 1 aliphatic heterocycles. The fourth-order valence-electron chi connectivity index (χ4n) is 4.71. The topological polar surface area (TPSA) is 76.0 Å². The second-order valence-corrected chi connectivity index (χ2v) is 7.35. The number of fused-ring (bicyclic) bond motifs is 1. The van der Waals surface area contributed by atoms with Crippen molar-refractivity contribution >= 4 is 5.97 Å². The zero-order valence-corrected chi connectivity index (χ0v) is 13.6. The van der Waals surface area contributed by atoms with E-state index in [-0.39, 0.29) is 18.5 Å². The van der Waals surface area contributed by atoms with Gasteiger partial charge in [0.25, 0.3) is 0 Å². The number of aliphatic hydroxyl groups is 2. The van der Waals surface area contributed by atoms with E-state index in [1.807, 2.05) is 19.9 Å². The summed E-state index contributed by atoms with van der Waals surface area (Å²) >= 11 is 0. The molecule has 5 heteroatoms. The largest absolute Gasteiger partial charge is 0.463 e. The standard InChI is InChI=1S/C17H26O5/c1-4-21-14(20)12-6-5-7-15(2)13(19)8-11-9-17(12,15)22-16(11,3)10-18/h6,11,13,18-19H,4-5,7-10H2,1-3H3/t11-,13-,15+,16+,17+/m1/s1. The summed E-state index contributed by atoms with van der Waals surface area (Å²) in [7, 11) is 0. The van der Waals surface area contributed by atoms with E-state index >= 15 is 0 Å². The van der Waals surface area contributed by atoms with Crippen molar-refractivity contribution < 1.29 is 24.5 Å². The van der Waals surface area contributed by atoms with Crippen molar-refractivity contribution in [1.82, 2.24) is 0 Å². The minimum absolute atomic E-state index is 0.0384. The van der Waals surface area contributed by atoms with E-state index in [1.54, 1.807) is 6.92 Å². The molecule has 1 heterocycles. The van der Waals surface area contributed by atoms with Crippen LogP contribution in [0.25, 0.3) is 0 Å². The van der Waals surface area contributed by atoms with Crippen LogP contribution >= 0.6 is 0 Å². The van der Waals surface area contributed by atoms with Crippen molar-refractivity contribution in [3.05, 3.63) is 11.6 Å². The van der Waals surface area contributed by atoms with Crippen molar-refractivity contribution in [2.24, 2.45) is 11.3 Å². The first kappa shape index (κ1) is 16.0. The predicted molar refractivity (Wildman–Crippen MR) is 80.1 cm³/mol. The van der Waals surface area contributed by atoms with Gasteiger partial charge >= 0.3 is 5.97 Å². The van der Waals surface area contributed by atoms with Crippen LogP contribution in [0.15, 0.2) is 11.6 Å². The first-order chi connectivity index (χ1) is 10.3. The van der Waals surface area contributed by atoms with Gasteiger partial charge in [0.2, 0.25) is 0 Å². The van der Waals surface area contributed by atoms with E-state index in [0.717, 1.165) is 12.8 Å². The highest BCUT2D eigenvalue weighted by atomic mass is 16.6. The van der Waals surface area contributed by atoms with Crippen LogP contribution in [-0.2, 0) is 14.3 Å². The molecule has 2 N–H and O–H groups in total. The van der Waals surface area contributed by atoms with Gasteiger partial charge in [0.15, 0.2) is 0 Å². The Morgan fingerprint density at radius 1 is 1.50 bits per heavy atom. The second-order valence-electron chi connectivity index (χ2n) is 7.35. The fourth-order valence-corrected chi connectivity index (χ4v) is 4.71. The van der Waals surface area contributed by atoms with Crippen LogP contribution in [-0.4, -0.2) is 46.7 Å². The number of esters is 1. The fraction of sp³-hybridized carbons (Fsp3) is 0.824. The number of ether oxygens (including phenoxy) is 2. The van der Waals surface area contributed by atoms with Crippen molar-refractivity contribution in [3.8, 4) is 0 Å². The zero-order chi connectivity index (χ0) is 16.2. The lowest BCUT2D eigenvalue weighted by Gasteiger charge is -2.53. The van der Waals surface area contributed by atoms with Gasteiger partial charge in [-0.3, -0.25) is 0 Å². The molecule has 5 nitrogen and oxygen atoms in total. The van der Waals surface area contributed by atoms with Crippen LogP contribution in [0.4, 0.5) is 0 Å². The third kappa shape index (κ3) is 1.85. The quantitative estimate of drug-likeness (QED) is 0.774. The van der Waals surface area contributed by atoms with Gasteiger partial charge in [0.1, 0.15) is 5.60 Å². The first-order valence-electron chi connectivity index (χ1n) is 8.20. The van der Waals surface area contributed by atoms with Gasteiger partial charge < -0.3 is 19.7 Å². The minimum atomic E-state index is -0.850. The molecule has 1 spiro atoms. The van der Waals surface area contributed by atoms with E-state index in [1.165, 1.54) is 0 Å². The molecule has 3 aliphatic rings. The molecular weight excluding hydrogens is 284 g/mol. The normalized spacial score (nSPS) is 46.9. The molecule has 0 unspecified atom stereocenters. The molecule has 1 saturated carbocycles. The summed E-state index contributed by atoms with van der Waals surface area (Å²) < 4.78 is 11.6. The molecule has 0 aromatic heterocycles. The maximum Gasteiger partial charge on any atom is 0.336 e. The van der Waals surface area contributed by atoms with E-state index in [4.69, 9.17) is 9.47 Å². The first-order valence-corrected chi connectivity index (χ1v) is 8.20. The van der Waals surface area contributed by atoms with Gasteiger partial charge in [0.05, 0.1) is 30.5 Å². The Labute approximate surface area is 131 Å². The molecule has 5 atom stereocenters. The molecule has 0 amide bonds. The summed E-state index contributed by atoms with van der Waals surface area (Å²) in [4.78, 5) is 12.5. The van der Waals surface area contributed by atoms with Crippen molar-refractivity contribution in [3.63, 3.8) is 0 Å². The Hall–Kier alpha value is -0.910. The van der Waals surface area contributed by atoms with Crippen LogP contribution < -0.4 is 0 Å². The third-order valence-electron chi connectivity index (χ3n) is 6.23. The summed E-state index contributed by atoms with van der Waals surface area (Å²) in [6.07, 6.45) is 4.11. The monoisotopic (exact) mass is 310 g/mol. The van der Waals surface area contributed by atoms with Gasteiger partial charge in [-0.05, 0) is 45.4 Å². The number of aliphatic hydroxyl groups excluding tert-OH is 2. The SMILES string of the molecule is CCOC(=O)C1=CCC[C@@]2(C)[C@H](O)C[C@@H]3C[C@]12O[C@@]3(C)CO. The lowest BCUT2D eigenvalue weighted by Crippen LogP contribution is -2.59. The van der Waals surface area contributed by atoms with E-state index in [9.17, 15) is 15.0 Å². The average Bonchev–Trinajstić information content (AvgIpc) is 2.73. The highest BCUT2D eigenvalue weighted by Gasteiger charge is 2.70. The Morgan fingerprint density at radius 3 is 2.86 bits per heavy atom. The number of carbonyl (C=O) groups excluding carboxylic acids is 1. The smallest absolute Gasteiger partial charge is 0.336 e. The number of rotatable bonds is 3. The highest BCUT2D eigenvalue weighted by Crippen LogP contribution is 2.64. The number of hydrogen-bond acceptors (Lipinski definition) is 5. The average molecular weight is 310 g/mol. The summed E-state index contributed by atoms with van der Waals surface area (Å²) in [6, 6.07) is 0. The lowest BCUT2D eigenvalue weighted by atomic mass is 9.54. The van der Waals surface area contributed by atoms with Crippen molar-refractivity contribution in [1.29, 1.82) is 0 Å². The highest BCUT2D eigenvalue weighted by molar-refractivity contribution is 5.91. The van der Waals surface area contributed by atoms with E-state index < -0.39 is 22.7 Å². The maximum atomic E-state index is 12.5. The Kier molecular flexibility index (Phi) is 3.66. The van der Waals surface area contributed by atoms with Gasteiger partial charge in [-0.15, -0.1) is 0 Å². The van der Waals surface area contributed by atoms with Crippen LogP contribution in [0.2, 0.25) is 0 Å². The number of hydrogen-bond donors (Lipinski definition) is 2. The van der Waals surface area contributed by atoms with Gasteiger partial charge in [0, 0.05) is 5.41 Å². The third-order valence-corrected chi connectivity index (χ3v) is 6.23. The van der Waals surface area contributed by atoms with Crippen molar-refractivity contribution in [2.75, 3.05) is 13.2 Å². The Bertz CT molecular complexity index is 515. The molecule has 2 fully saturated rings. The summed E-state index contributed by atoms with van der Waals surface area (Å²) in [5.74, 6) is -0.319. The van der Waals surface area contributed by atoms with E-state index in [2.05, 4.69) is 0 Å². The molecule has 3 rings (SSSR count). The molecule has 0 aromatic rings. The van der Waals surface area contributed by atoms with Crippen molar-refractivity contribution in [2.45, 2.75) is 63.8 Å². The second kappa shape index (κ2) is 5.05. The Balaban J connectivity index is 2.10. The van der Waals surface area contributed by atoms with Gasteiger partial charge in [-0.25, -0.2) is 4.79 Å². The number of carbonyl (C=O) groups is 1. The molecule has 2 aliphatic carbocycles. The summed E-state index contributed by atoms with van der Waals surface area (Å²) in [5.41, 5.74) is -1.56. The van der Waals surface area contributed by atoms with Crippen LogP contribution in [0, 0.1) is 11.3 Å². The zero-order valence-electron chi connectivity index (χ0n) is 13.6. The molecule has 22 heavy (non-hydrogen) atoms. The van der Waals surface area contributed by atoms with E-state index in [0.29, 0.717) is 25.0 Å². The summed E-state index contributed by atoms with van der Waals surface area (Å²) in [5, 5.41) is 20.6. The van der Waals surface area contributed by atoms with Gasteiger partial charge in [-0.1, -0.05) is 13.0 Å². The molecule has 2 bridgehead atoms. The lowest BCUT2D eigenvalue weighted by molar-refractivity contribution is -0.181. The van der Waals surface area contributed by atoms with Gasteiger partial charge in [-0.2, -0.15) is 0 Å². The summed E-state index contributed by atoms with van der Waals surface area (Å²) in [6.45, 7) is 5.86. The predicted octanol–water partition coefficient (Wildman–Crippen LogP) is 1.57. The molecule has 0 radical (unpaired) electrons. The van der Waals surface area contributed by atoms with Crippen LogP contribution in [0.5, 0.6) is 0 Å².